The van der Waals surface area contributed by atoms with Crippen molar-refractivity contribution in [2.24, 2.45) is 16.7 Å². The van der Waals surface area contributed by atoms with Crippen LogP contribution in [-0.2, 0) is 9.53 Å². The summed E-state index contributed by atoms with van der Waals surface area (Å²) in [6.45, 7) is 11.8. The van der Waals surface area contributed by atoms with Crippen molar-refractivity contribution in [2.75, 3.05) is 53.5 Å². The van der Waals surface area contributed by atoms with Crippen molar-refractivity contribution in [3.05, 3.63) is 0 Å². The van der Waals surface area contributed by atoms with Gasteiger partial charge in [-0.25, -0.2) is 0 Å². The molecule has 2 N–H and O–H groups in total. The third-order valence-electron chi connectivity index (χ3n) is 8.09. The maximum absolute atomic E-state index is 12.7. The molecule has 168 valence electrons. The molecule has 0 aromatic carbocycles. The number of aliphatic hydroxyl groups is 1. The van der Waals surface area contributed by atoms with Crippen LogP contribution in [0.3, 0.4) is 0 Å². The van der Waals surface area contributed by atoms with Crippen LogP contribution in [0.15, 0.2) is 0 Å². The standard InChI is InChI=1S/C23H43N3O3/c1-21(2)17-19(25(4)5)23(9-8-22(3,28)16-18(21)23)7-6-20(27)24-10-11-26-12-14-29-15-13-26/h18-19,28H,6-17H2,1-5H3,(H,24,27)/t18-,19-,22-,23-/m0/s1. The molecule has 0 spiro atoms. The average molecular weight is 410 g/mol. The maximum Gasteiger partial charge on any atom is 0.220 e. The first kappa shape index (κ1) is 23.0. The summed E-state index contributed by atoms with van der Waals surface area (Å²) >= 11 is 0. The van der Waals surface area contributed by atoms with Crippen LogP contribution < -0.4 is 5.32 Å². The van der Waals surface area contributed by atoms with Crippen LogP contribution in [0.25, 0.3) is 0 Å². The Kier molecular flexibility index (Phi) is 6.99. The lowest BCUT2D eigenvalue weighted by Gasteiger charge is -2.51. The van der Waals surface area contributed by atoms with Gasteiger partial charge in [0.15, 0.2) is 0 Å². The van der Waals surface area contributed by atoms with Crippen LogP contribution in [0, 0.1) is 16.7 Å². The molecule has 1 amide bonds. The summed E-state index contributed by atoms with van der Waals surface area (Å²) in [5.41, 5.74) is -0.268. The van der Waals surface area contributed by atoms with Gasteiger partial charge in [0, 0.05) is 38.6 Å². The van der Waals surface area contributed by atoms with E-state index in [4.69, 9.17) is 4.74 Å². The highest BCUT2D eigenvalue weighted by atomic mass is 16.5. The zero-order valence-electron chi connectivity index (χ0n) is 19.3. The molecule has 0 aromatic heterocycles. The molecular formula is C23H43N3O3. The van der Waals surface area contributed by atoms with E-state index in [0.29, 0.717) is 24.9 Å². The van der Waals surface area contributed by atoms with Crippen LogP contribution in [0.2, 0.25) is 0 Å². The van der Waals surface area contributed by atoms with Crippen molar-refractivity contribution in [3.63, 3.8) is 0 Å². The van der Waals surface area contributed by atoms with E-state index in [0.717, 1.165) is 65.0 Å². The van der Waals surface area contributed by atoms with E-state index in [2.05, 4.69) is 43.1 Å². The summed E-state index contributed by atoms with van der Waals surface area (Å²) in [5, 5.41) is 13.9. The minimum atomic E-state index is -0.576. The summed E-state index contributed by atoms with van der Waals surface area (Å²) in [6.07, 6.45) is 5.34. The number of carbonyl (C=O) groups excluding carboxylic acids is 1. The van der Waals surface area contributed by atoms with Gasteiger partial charge in [-0.1, -0.05) is 13.8 Å². The third-order valence-corrected chi connectivity index (χ3v) is 8.09. The third kappa shape index (κ3) is 5.15. The zero-order chi connectivity index (χ0) is 21.3. The van der Waals surface area contributed by atoms with Gasteiger partial charge in [-0.2, -0.15) is 0 Å². The summed E-state index contributed by atoms with van der Waals surface area (Å²) in [4.78, 5) is 17.4. The van der Waals surface area contributed by atoms with Gasteiger partial charge in [0.1, 0.15) is 0 Å². The van der Waals surface area contributed by atoms with E-state index in [-0.39, 0.29) is 16.7 Å². The molecule has 3 fully saturated rings. The summed E-state index contributed by atoms with van der Waals surface area (Å²) in [5.74, 6) is 0.623. The molecule has 3 rings (SSSR count). The van der Waals surface area contributed by atoms with Gasteiger partial charge in [0.25, 0.3) is 0 Å². The predicted octanol–water partition coefficient (Wildman–Crippen LogP) is 2.11. The molecule has 0 bridgehead atoms. The van der Waals surface area contributed by atoms with Crippen molar-refractivity contribution in [3.8, 4) is 0 Å². The van der Waals surface area contributed by atoms with E-state index in [1.54, 1.807) is 0 Å². The minimum Gasteiger partial charge on any atom is -0.390 e. The van der Waals surface area contributed by atoms with Gasteiger partial charge in [0.2, 0.25) is 5.91 Å². The highest BCUT2D eigenvalue weighted by Crippen LogP contribution is 2.64. The number of hydrogen-bond donors (Lipinski definition) is 2. The topological polar surface area (TPSA) is 65.0 Å². The van der Waals surface area contributed by atoms with Gasteiger partial charge in [-0.15, -0.1) is 0 Å². The number of fused-ring (bicyclic) bond motifs is 1. The largest absolute Gasteiger partial charge is 0.390 e. The highest BCUT2D eigenvalue weighted by molar-refractivity contribution is 5.75. The average Bonchev–Trinajstić information content (AvgIpc) is 2.88. The molecule has 0 unspecified atom stereocenters. The second kappa shape index (κ2) is 8.81. The molecule has 4 atom stereocenters. The first-order valence-electron chi connectivity index (χ1n) is 11.5. The fourth-order valence-corrected chi connectivity index (χ4v) is 6.49. The monoisotopic (exact) mass is 409 g/mol. The van der Waals surface area contributed by atoms with Crippen molar-refractivity contribution in [1.82, 2.24) is 15.1 Å². The van der Waals surface area contributed by atoms with E-state index in [1.807, 2.05) is 6.92 Å². The fourth-order valence-electron chi connectivity index (χ4n) is 6.49. The summed E-state index contributed by atoms with van der Waals surface area (Å²) in [6, 6.07) is 0.472. The Morgan fingerprint density at radius 2 is 1.86 bits per heavy atom. The Balaban J connectivity index is 1.60. The van der Waals surface area contributed by atoms with E-state index < -0.39 is 5.60 Å². The SMILES string of the molecule is CN(C)[C@H]1CC(C)(C)[C@@H]2C[C@@](C)(O)CC[C@]12CCC(=O)NCCN1CCOCC1. The van der Waals surface area contributed by atoms with E-state index in [1.165, 1.54) is 0 Å². The molecule has 6 nitrogen and oxygen atoms in total. The quantitative estimate of drug-likeness (QED) is 0.674. The Hall–Kier alpha value is -0.690. The number of rotatable bonds is 7. The second-order valence-corrected chi connectivity index (χ2v) is 11.0. The van der Waals surface area contributed by atoms with Crippen LogP contribution in [0.4, 0.5) is 0 Å². The van der Waals surface area contributed by atoms with Gasteiger partial charge in [-0.05, 0) is 69.9 Å². The molecule has 3 aliphatic rings. The molecule has 1 aliphatic heterocycles. The number of ether oxygens (including phenoxy) is 1. The lowest BCUT2D eigenvalue weighted by Crippen LogP contribution is -2.51. The van der Waals surface area contributed by atoms with Gasteiger partial charge < -0.3 is 20.1 Å². The number of morpholine rings is 1. The second-order valence-electron chi connectivity index (χ2n) is 11.0. The van der Waals surface area contributed by atoms with Gasteiger partial charge >= 0.3 is 0 Å². The van der Waals surface area contributed by atoms with Crippen molar-refractivity contribution < 1.29 is 14.6 Å². The first-order chi connectivity index (χ1) is 13.6. The number of amides is 1. The maximum atomic E-state index is 12.7. The Morgan fingerprint density at radius 1 is 1.17 bits per heavy atom. The molecular weight excluding hydrogens is 366 g/mol. The predicted molar refractivity (Wildman–Crippen MR) is 116 cm³/mol. The highest BCUT2D eigenvalue weighted by Gasteiger charge is 2.61. The van der Waals surface area contributed by atoms with Gasteiger partial charge in [-0.3, -0.25) is 9.69 Å². The Morgan fingerprint density at radius 3 is 2.52 bits per heavy atom. The lowest BCUT2D eigenvalue weighted by molar-refractivity contribution is -0.124. The van der Waals surface area contributed by atoms with E-state index in [9.17, 15) is 9.90 Å². The van der Waals surface area contributed by atoms with Crippen molar-refractivity contribution in [2.45, 2.75) is 70.9 Å². The number of nitrogens with zero attached hydrogens (tertiary/aromatic N) is 2. The van der Waals surface area contributed by atoms with Crippen molar-refractivity contribution >= 4 is 5.91 Å². The molecule has 0 radical (unpaired) electrons. The minimum absolute atomic E-state index is 0.122. The summed E-state index contributed by atoms with van der Waals surface area (Å²) < 4.78 is 5.38. The molecule has 0 aromatic rings. The number of nitrogens with one attached hydrogen (secondary N) is 1. The number of hydrogen-bond acceptors (Lipinski definition) is 5. The van der Waals surface area contributed by atoms with Gasteiger partial charge in [0.05, 0.1) is 18.8 Å². The molecule has 6 heteroatoms. The number of carbonyl (C=O) groups is 1. The van der Waals surface area contributed by atoms with Crippen LogP contribution in [0.5, 0.6) is 0 Å². The zero-order valence-corrected chi connectivity index (χ0v) is 19.3. The van der Waals surface area contributed by atoms with Crippen molar-refractivity contribution in [1.29, 1.82) is 0 Å². The lowest BCUT2D eigenvalue weighted by atomic mass is 9.57. The Bertz CT molecular complexity index is 572. The molecule has 2 aliphatic carbocycles. The Labute approximate surface area is 177 Å². The van der Waals surface area contributed by atoms with E-state index >= 15 is 0 Å². The van der Waals surface area contributed by atoms with Crippen LogP contribution in [0.1, 0.15) is 59.3 Å². The molecule has 2 saturated carbocycles. The first-order valence-corrected chi connectivity index (χ1v) is 11.5. The smallest absolute Gasteiger partial charge is 0.220 e. The fraction of sp³-hybridized carbons (Fsp3) is 0.957. The molecule has 1 heterocycles. The normalized spacial score (nSPS) is 37.5. The summed E-state index contributed by atoms with van der Waals surface area (Å²) in [7, 11) is 4.36. The van der Waals surface area contributed by atoms with Crippen LogP contribution >= 0.6 is 0 Å². The molecule has 29 heavy (non-hydrogen) atoms. The van der Waals surface area contributed by atoms with Crippen LogP contribution in [-0.4, -0.2) is 85.9 Å². The molecule has 1 saturated heterocycles.